The number of ether oxygens (including phenoxy) is 1. The van der Waals surface area contributed by atoms with Crippen LogP contribution < -0.4 is 11.1 Å². The molecular formula is C10H17N3OS. The average molecular weight is 227 g/mol. The van der Waals surface area contributed by atoms with E-state index in [1.54, 1.807) is 18.4 Å². The number of hydrogen-bond donors (Lipinski definition) is 2. The topological polar surface area (TPSA) is 59.6 Å². The van der Waals surface area contributed by atoms with Gasteiger partial charge < -0.3 is 15.8 Å². The predicted octanol–water partition coefficient (Wildman–Crippen LogP) is 1.19. The molecule has 0 bridgehead atoms. The molecule has 0 fully saturated rings. The van der Waals surface area contributed by atoms with Gasteiger partial charge in [0.2, 0.25) is 0 Å². The van der Waals surface area contributed by atoms with Gasteiger partial charge in [-0.2, -0.15) is 11.3 Å². The van der Waals surface area contributed by atoms with Gasteiger partial charge >= 0.3 is 0 Å². The average Bonchev–Trinajstić information content (AvgIpc) is 2.67. The molecule has 0 radical (unpaired) electrons. The van der Waals surface area contributed by atoms with E-state index >= 15 is 0 Å². The molecule has 15 heavy (non-hydrogen) atoms. The molecule has 1 heterocycles. The summed E-state index contributed by atoms with van der Waals surface area (Å²) in [6, 6.07) is 2.22. The highest BCUT2D eigenvalue weighted by Gasteiger charge is 2.01. The first-order valence-electron chi connectivity index (χ1n) is 4.79. The number of thiophene rings is 1. The van der Waals surface area contributed by atoms with Crippen molar-refractivity contribution in [1.29, 1.82) is 0 Å². The van der Waals surface area contributed by atoms with E-state index in [1.807, 2.05) is 18.4 Å². The monoisotopic (exact) mass is 227 g/mol. The van der Waals surface area contributed by atoms with Crippen molar-refractivity contribution in [2.24, 2.45) is 10.7 Å². The number of nitrogens with one attached hydrogen (secondary N) is 1. The second-order valence-electron chi connectivity index (χ2n) is 3.33. The smallest absolute Gasteiger partial charge is 0.189 e. The SMILES string of the molecule is COC[C@@H](C)NC(N)=NCc1ccsc1. The molecule has 0 aliphatic carbocycles. The second kappa shape index (κ2) is 6.42. The third-order valence-corrected chi connectivity index (χ3v) is 2.56. The minimum Gasteiger partial charge on any atom is -0.383 e. The van der Waals surface area contributed by atoms with Crippen molar-refractivity contribution in [3.05, 3.63) is 22.4 Å². The highest BCUT2D eigenvalue weighted by molar-refractivity contribution is 7.07. The Labute approximate surface area is 94.2 Å². The van der Waals surface area contributed by atoms with Gasteiger partial charge in [-0.15, -0.1) is 0 Å². The molecule has 0 aliphatic rings. The Morgan fingerprint density at radius 2 is 2.53 bits per heavy atom. The van der Waals surface area contributed by atoms with E-state index in [9.17, 15) is 0 Å². The molecule has 3 N–H and O–H groups in total. The largest absolute Gasteiger partial charge is 0.383 e. The Balaban J connectivity index is 2.33. The number of aliphatic imine (C=N–C) groups is 1. The second-order valence-corrected chi connectivity index (χ2v) is 4.11. The van der Waals surface area contributed by atoms with E-state index < -0.39 is 0 Å². The summed E-state index contributed by atoms with van der Waals surface area (Å²) in [6.07, 6.45) is 0. The van der Waals surface area contributed by atoms with Crippen LogP contribution in [0.15, 0.2) is 21.8 Å². The number of nitrogens with zero attached hydrogens (tertiary/aromatic N) is 1. The molecule has 1 atom stereocenters. The zero-order valence-corrected chi connectivity index (χ0v) is 9.88. The van der Waals surface area contributed by atoms with Gasteiger partial charge in [0.15, 0.2) is 5.96 Å². The Bertz CT molecular complexity index is 298. The number of hydrogen-bond acceptors (Lipinski definition) is 3. The van der Waals surface area contributed by atoms with Gasteiger partial charge in [0, 0.05) is 13.2 Å². The van der Waals surface area contributed by atoms with E-state index in [1.165, 1.54) is 5.56 Å². The van der Waals surface area contributed by atoms with Crippen LogP contribution in [-0.2, 0) is 11.3 Å². The lowest BCUT2D eigenvalue weighted by Gasteiger charge is -2.12. The summed E-state index contributed by atoms with van der Waals surface area (Å²) in [5.41, 5.74) is 6.89. The molecule has 0 saturated carbocycles. The van der Waals surface area contributed by atoms with E-state index in [2.05, 4.69) is 15.7 Å². The Morgan fingerprint density at radius 1 is 1.73 bits per heavy atom. The number of rotatable bonds is 5. The van der Waals surface area contributed by atoms with Gasteiger partial charge in [0.25, 0.3) is 0 Å². The molecule has 1 aromatic heterocycles. The molecule has 1 rings (SSSR count). The van der Waals surface area contributed by atoms with Crippen molar-refractivity contribution in [1.82, 2.24) is 5.32 Å². The van der Waals surface area contributed by atoms with Gasteiger partial charge in [-0.3, -0.25) is 0 Å². The fraction of sp³-hybridized carbons (Fsp3) is 0.500. The minimum absolute atomic E-state index is 0.182. The van der Waals surface area contributed by atoms with Crippen LogP contribution in [0, 0.1) is 0 Å². The Kier molecular flexibility index (Phi) is 5.14. The molecule has 1 aromatic rings. The molecule has 0 aromatic carbocycles. The number of guanidine groups is 1. The number of nitrogens with two attached hydrogens (primary N) is 1. The zero-order valence-electron chi connectivity index (χ0n) is 9.06. The summed E-state index contributed by atoms with van der Waals surface area (Å²) < 4.78 is 4.98. The van der Waals surface area contributed by atoms with Crippen LogP contribution in [0.4, 0.5) is 0 Å². The molecule has 84 valence electrons. The van der Waals surface area contributed by atoms with E-state index in [0.29, 0.717) is 19.1 Å². The zero-order chi connectivity index (χ0) is 11.1. The van der Waals surface area contributed by atoms with Crippen molar-refractivity contribution in [3.63, 3.8) is 0 Å². The predicted molar refractivity (Wildman–Crippen MR) is 64.1 cm³/mol. The van der Waals surface area contributed by atoms with Gasteiger partial charge in [-0.05, 0) is 29.3 Å². The van der Waals surface area contributed by atoms with Crippen LogP contribution in [-0.4, -0.2) is 25.7 Å². The lowest BCUT2D eigenvalue weighted by molar-refractivity contribution is 0.179. The van der Waals surface area contributed by atoms with Crippen molar-refractivity contribution >= 4 is 17.3 Å². The van der Waals surface area contributed by atoms with E-state index in [-0.39, 0.29) is 6.04 Å². The maximum Gasteiger partial charge on any atom is 0.189 e. The summed E-state index contributed by atoms with van der Waals surface area (Å²) in [5.74, 6) is 0.464. The quantitative estimate of drug-likeness (QED) is 0.587. The lowest BCUT2D eigenvalue weighted by atomic mass is 10.3. The summed E-state index contributed by atoms with van der Waals surface area (Å²) >= 11 is 1.66. The van der Waals surface area contributed by atoms with Gasteiger partial charge in [-0.1, -0.05) is 0 Å². The van der Waals surface area contributed by atoms with Crippen molar-refractivity contribution < 1.29 is 4.74 Å². The Morgan fingerprint density at radius 3 is 3.13 bits per heavy atom. The van der Waals surface area contributed by atoms with Gasteiger partial charge in [0.1, 0.15) is 0 Å². The molecule has 0 amide bonds. The standard InChI is InChI=1S/C10H17N3OS/c1-8(6-14-2)13-10(11)12-5-9-3-4-15-7-9/h3-4,7-8H,5-6H2,1-2H3,(H3,11,12,13)/t8-/m1/s1. The van der Waals surface area contributed by atoms with Crippen LogP contribution in [0.5, 0.6) is 0 Å². The van der Waals surface area contributed by atoms with Crippen LogP contribution in [0.1, 0.15) is 12.5 Å². The molecule has 4 nitrogen and oxygen atoms in total. The first-order valence-corrected chi connectivity index (χ1v) is 5.73. The fourth-order valence-corrected chi connectivity index (χ4v) is 1.81. The summed E-state index contributed by atoms with van der Waals surface area (Å²) in [5, 5.41) is 7.14. The third-order valence-electron chi connectivity index (χ3n) is 1.82. The summed E-state index contributed by atoms with van der Waals surface area (Å²) in [7, 11) is 1.66. The minimum atomic E-state index is 0.182. The van der Waals surface area contributed by atoms with Crippen LogP contribution in [0.3, 0.4) is 0 Å². The molecule has 5 heteroatoms. The molecule has 0 spiro atoms. The van der Waals surface area contributed by atoms with Crippen molar-refractivity contribution in [3.8, 4) is 0 Å². The molecule has 0 aliphatic heterocycles. The highest BCUT2D eigenvalue weighted by Crippen LogP contribution is 2.06. The van der Waals surface area contributed by atoms with Crippen molar-refractivity contribution in [2.75, 3.05) is 13.7 Å². The summed E-state index contributed by atoms with van der Waals surface area (Å²) in [4.78, 5) is 4.22. The van der Waals surface area contributed by atoms with Gasteiger partial charge in [0.05, 0.1) is 13.2 Å². The molecule has 0 saturated heterocycles. The normalized spacial score (nSPS) is 13.9. The molecular weight excluding hydrogens is 210 g/mol. The highest BCUT2D eigenvalue weighted by atomic mass is 32.1. The Hall–Kier alpha value is -1.07. The van der Waals surface area contributed by atoms with Gasteiger partial charge in [-0.25, -0.2) is 4.99 Å². The first-order chi connectivity index (χ1) is 7.22. The van der Waals surface area contributed by atoms with E-state index in [4.69, 9.17) is 10.5 Å². The third kappa shape index (κ3) is 4.80. The van der Waals surface area contributed by atoms with Crippen LogP contribution >= 0.6 is 11.3 Å². The van der Waals surface area contributed by atoms with Crippen molar-refractivity contribution in [2.45, 2.75) is 19.5 Å². The lowest BCUT2D eigenvalue weighted by Crippen LogP contribution is -2.40. The first kappa shape index (κ1) is 12.0. The maximum atomic E-state index is 5.71. The number of methoxy groups -OCH3 is 1. The van der Waals surface area contributed by atoms with Crippen LogP contribution in [0.2, 0.25) is 0 Å². The maximum absolute atomic E-state index is 5.71. The fourth-order valence-electron chi connectivity index (χ4n) is 1.15. The van der Waals surface area contributed by atoms with E-state index in [0.717, 1.165) is 0 Å². The van der Waals surface area contributed by atoms with Crippen LogP contribution in [0.25, 0.3) is 0 Å². The molecule has 0 unspecified atom stereocenters. The summed E-state index contributed by atoms with van der Waals surface area (Å²) in [6.45, 7) is 3.24.